The molecule has 3 rings (SSSR count). The highest BCUT2D eigenvalue weighted by molar-refractivity contribution is 7.89. The van der Waals surface area contributed by atoms with E-state index in [0.29, 0.717) is 5.56 Å². The molecule has 0 saturated carbocycles. The zero-order valence-corrected chi connectivity index (χ0v) is 15.2. The first-order chi connectivity index (χ1) is 12.9. The number of carbonyl (C=O) groups excluding carboxylic acids is 1. The smallest absolute Gasteiger partial charge is 0.246 e. The van der Waals surface area contributed by atoms with Crippen LogP contribution in [0, 0.1) is 11.6 Å². The number of sulfonamides is 1. The van der Waals surface area contributed by atoms with E-state index in [0.717, 1.165) is 6.07 Å². The van der Waals surface area contributed by atoms with Crippen LogP contribution >= 0.6 is 0 Å². The van der Waals surface area contributed by atoms with Gasteiger partial charge in [0.1, 0.15) is 11.6 Å². The first-order valence-corrected chi connectivity index (χ1v) is 9.78. The molecular formula is C19H18F2N2O3S. The molecule has 0 aliphatic carbocycles. The molecule has 1 aliphatic heterocycles. The van der Waals surface area contributed by atoms with Gasteiger partial charge in [-0.1, -0.05) is 18.2 Å². The van der Waals surface area contributed by atoms with Crippen LogP contribution in [0.3, 0.4) is 0 Å². The molecule has 1 saturated heterocycles. The number of nitrogens with zero attached hydrogens (tertiary/aromatic N) is 2. The van der Waals surface area contributed by atoms with Crippen molar-refractivity contribution in [3.8, 4) is 0 Å². The first-order valence-electron chi connectivity index (χ1n) is 8.34. The highest BCUT2D eigenvalue weighted by atomic mass is 32.2. The van der Waals surface area contributed by atoms with E-state index in [1.165, 1.54) is 51.7 Å². The molecule has 2 aromatic carbocycles. The van der Waals surface area contributed by atoms with Crippen molar-refractivity contribution in [3.05, 3.63) is 71.8 Å². The molecule has 0 radical (unpaired) electrons. The summed E-state index contributed by atoms with van der Waals surface area (Å²) in [4.78, 5) is 13.7. The van der Waals surface area contributed by atoms with Crippen molar-refractivity contribution in [1.29, 1.82) is 0 Å². The van der Waals surface area contributed by atoms with E-state index in [2.05, 4.69) is 0 Å². The highest BCUT2D eigenvalue weighted by Gasteiger charge is 2.29. The van der Waals surface area contributed by atoms with Gasteiger partial charge in [-0.05, 0) is 42.0 Å². The van der Waals surface area contributed by atoms with Gasteiger partial charge in [-0.2, -0.15) is 4.31 Å². The third-order valence-corrected chi connectivity index (χ3v) is 6.15. The maximum Gasteiger partial charge on any atom is 0.246 e. The second kappa shape index (κ2) is 7.98. The van der Waals surface area contributed by atoms with Gasteiger partial charge < -0.3 is 4.90 Å². The first kappa shape index (κ1) is 19.2. The number of carbonyl (C=O) groups is 1. The third-order valence-electron chi connectivity index (χ3n) is 4.25. The molecule has 27 heavy (non-hydrogen) atoms. The molecule has 1 fully saturated rings. The molecule has 1 heterocycles. The van der Waals surface area contributed by atoms with Gasteiger partial charge in [0, 0.05) is 32.3 Å². The van der Waals surface area contributed by atoms with Crippen LogP contribution in [0.1, 0.15) is 5.56 Å². The lowest BCUT2D eigenvalue weighted by Crippen LogP contribution is -2.50. The van der Waals surface area contributed by atoms with Gasteiger partial charge in [0.25, 0.3) is 0 Å². The molecule has 0 aromatic heterocycles. The molecule has 5 nitrogen and oxygen atoms in total. The van der Waals surface area contributed by atoms with Crippen molar-refractivity contribution < 1.29 is 22.0 Å². The van der Waals surface area contributed by atoms with E-state index in [1.54, 1.807) is 12.1 Å². The van der Waals surface area contributed by atoms with Crippen molar-refractivity contribution in [2.75, 3.05) is 26.2 Å². The van der Waals surface area contributed by atoms with Crippen LogP contribution in [0.5, 0.6) is 0 Å². The summed E-state index contributed by atoms with van der Waals surface area (Å²) in [5.74, 6) is -1.28. The van der Waals surface area contributed by atoms with Gasteiger partial charge >= 0.3 is 0 Å². The largest absolute Gasteiger partial charge is 0.337 e. The van der Waals surface area contributed by atoms with Gasteiger partial charge in [-0.25, -0.2) is 17.2 Å². The van der Waals surface area contributed by atoms with Crippen LogP contribution in [0.25, 0.3) is 6.08 Å². The molecule has 0 N–H and O–H groups in total. The maximum atomic E-state index is 13.3. The van der Waals surface area contributed by atoms with Crippen molar-refractivity contribution in [2.45, 2.75) is 4.90 Å². The van der Waals surface area contributed by atoms with E-state index in [4.69, 9.17) is 0 Å². The molecule has 1 amide bonds. The summed E-state index contributed by atoms with van der Waals surface area (Å²) in [7, 11) is -3.80. The Labute approximate surface area is 156 Å². The van der Waals surface area contributed by atoms with Gasteiger partial charge in [-0.3, -0.25) is 4.79 Å². The van der Waals surface area contributed by atoms with Crippen LogP contribution in [-0.4, -0.2) is 49.7 Å². The fourth-order valence-electron chi connectivity index (χ4n) is 2.81. The summed E-state index contributed by atoms with van der Waals surface area (Å²) in [5.41, 5.74) is 0.565. The van der Waals surface area contributed by atoms with Crippen LogP contribution in [0.4, 0.5) is 8.78 Å². The van der Waals surface area contributed by atoms with Gasteiger partial charge in [0.05, 0.1) is 4.90 Å². The standard InChI is InChI=1S/C19H18F2N2O3S/c20-16-4-1-3-15(13-16)7-8-19(24)22-9-11-23(12-10-22)27(25,26)18-6-2-5-17(21)14-18/h1-8,13-14H,9-12H2/b8-7+. The zero-order valence-electron chi connectivity index (χ0n) is 14.4. The molecule has 1 aliphatic rings. The lowest BCUT2D eigenvalue weighted by molar-refractivity contribution is -0.127. The van der Waals surface area contributed by atoms with E-state index >= 15 is 0 Å². The van der Waals surface area contributed by atoms with Crippen LogP contribution in [0.15, 0.2) is 59.5 Å². The third kappa shape index (κ3) is 4.58. The summed E-state index contributed by atoms with van der Waals surface area (Å²) in [6, 6.07) is 10.7. The number of halogens is 2. The van der Waals surface area contributed by atoms with Crippen molar-refractivity contribution in [3.63, 3.8) is 0 Å². The molecule has 0 atom stereocenters. The molecular weight excluding hydrogens is 374 g/mol. The van der Waals surface area contributed by atoms with Crippen molar-refractivity contribution in [1.82, 2.24) is 9.21 Å². The minimum atomic E-state index is -3.80. The Hall–Kier alpha value is -2.58. The normalized spacial score (nSPS) is 16.0. The minimum absolute atomic E-state index is 0.103. The van der Waals surface area contributed by atoms with Crippen molar-refractivity contribution >= 4 is 22.0 Å². The van der Waals surface area contributed by atoms with Gasteiger partial charge in [0.15, 0.2) is 0 Å². The van der Waals surface area contributed by atoms with Crippen molar-refractivity contribution in [2.24, 2.45) is 0 Å². The quantitative estimate of drug-likeness (QED) is 0.752. The zero-order chi connectivity index (χ0) is 19.4. The Morgan fingerprint density at radius 3 is 2.19 bits per heavy atom. The van der Waals surface area contributed by atoms with Crippen LogP contribution in [0.2, 0.25) is 0 Å². The van der Waals surface area contributed by atoms with E-state index in [-0.39, 0.29) is 42.8 Å². The average molecular weight is 392 g/mol. The monoisotopic (exact) mass is 392 g/mol. The van der Waals surface area contributed by atoms with E-state index < -0.39 is 15.8 Å². The SMILES string of the molecule is O=C(/C=C/c1cccc(F)c1)N1CCN(S(=O)(=O)c2cccc(F)c2)CC1. The molecule has 0 bridgehead atoms. The van der Waals surface area contributed by atoms with E-state index in [9.17, 15) is 22.0 Å². The molecule has 2 aromatic rings. The Morgan fingerprint density at radius 2 is 1.56 bits per heavy atom. The topological polar surface area (TPSA) is 57.7 Å². The van der Waals surface area contributed by atoms with Gasteiger partial charge in [-0.15, -0.1) is 0 Å². The summed E-state index contributed by atoms with van der Waals surface area (Å²) in [6.45, 7) is 0.693. The second-order valence-corrected chi connectivity index (χ2v) is 8.01. The summed E-state index contributed by atoms with van der Waals surface area (Å²) in [5, 5.41) is 0. The minimum Gasteiger partial charge on any atom is -0.337 e. The molecule has 0 spiro atoms. The fraction of sp³-hybridized carbons (Fsp3) is 0.211. The number of amides is 1. The number of hydrogen-bond acceptors (Lipinski definition) is 3. The Bertz CT molecular complexity index is 968. The summed E-state index contributed by atoms with van der Waals surface area (Å²) in [6.07, 6.45) is 2.85. The lowest BCUT2D eigenvalue weighted by Gasteiger charge is -2.33. The Kier molecular flexibility index (Phi) is 5.67. The number of rotatable bonds is 4. The second-order valence-electron chi connectivity index (χ2n) is 6.08. The molecule has 142 valence electrons. The number of piperazine rings is 1. The van der Waals surface area contributed by atoms with Gasteiger partial charge in [0.2, 0.25) is 15.9 Å². The lowest BCUT2D eigenvalue weighted by atomic mass is 10.2. The summed E-state index contributed by atoms with van der Waals surface area (Å²) < 4.78 is 52.8. The summed E-state index contributed by atoms with van der Waals surface area (Å²) >= 11 is 0. The molecule has 8 heteroatoms. The highest BCUT2D eigenvalue weighted by Crippen LogP contribution is 2.18. The average Bonchev–Trinajstić information content (AvgIpc) is 2.66. The predicted molar refractivity (Wildman–Crippen MR) is 97.2 cm³/mol. The number of benzene rings is 2. The predicted octanol–water partition coefficient (Wildman–Crippen LogP) is 2.51. The Morgan fingerprint density at radius 1 is 0.926 bits per heavy atom. The number of hydrogen-bond donors (Lipinski definition) is 0. The fourth-order valence-corrected chi connectivity index (χ4v) is 4.26. The molecule has 0 unspecified atom stereocenters. The van der Waals surface area contributed by atoms with Crippen LogP contribution in [-0.2, 0) is 14.8 Å². The van der Waals surface area contributed by atoms with Crippen LogP contribution < -0.4 is 0 Å². The Balaban J connectivity index is 1.62. The maximum absolute atomic E-state index is 13.3. The van der Waals surface area contributed by atoms with E-state index in [1.807, 2.05) is 0 Å².